The van der Waals surface area contributed by atoms with E-state index in [9.17, 15) is 28.1 Å². The number of hydrogen-bond acceptors (Lipinski definition) is 9. The fourth-order valence-electron chi connectivity index (χ4n) is 3.12. The molecule has 0 N–H and O–H groups in total. The number of rotatable bonds is 5. The van der Waals surface area contributed by atoms with Crippen LogP contribution < -0.4 is 9.64 Å². The Morgan fingerprint density at radius 3 is 2.65 bits per heavy atom. The van der Waals surface area contributed by atoms with E-state index in [2.05, 4.69) is 15.1 Å². The molecule has 31 heavy (non-hydrogen) atoms. The standard InChI is InChI=1S/C16H16F3IN6O5/c1-24-11(6-9(23-24)16(17,18)19)31-14-12(26(28)29)13(21-7-22-14)25-4-3-8(5-10(25)20)15(27)30-2/h6-8,10H,3-5H2,1-2H3. The molecule has 0 spiro atoms. The molecule has 3 rings (SSSR count). The Kier molecular flexibility index (Phi) is 6.51. The van der Waals surface area contributed by atoms with Gasteiger partial charge in [-0.05, 0) is 12.8 Å². The predicted molar refractivity (Wildman–Crippen MR) is 107 cm³/mol. The number of anilines is 1. The van der Waals surface area contributed by atoms with Gasteiger partial charge in [0.2, 0.25) is 11.7 Å². The average molecular weight is 556 g/mol. The highest BCUT2D eigenvalue weighted by Gasteiger charge is 2.38. The van der Waals surface area contributed by atoms with Crippen LogP contribution in [-0.4, -0.2) is 48.3 Å². The Balaban J connectivity index is 1.93. The smallest absolute Gasteiger partial charge is 0.435 e. The van der Waals surface area contributed by atoms with Gasteiger partial charge >= 0.3 is 23.7 Å². The van der Waals surface area contributed by atoms with Crippen molar-refractivity contribution in [3.05, 3.63) is 28.2 Å². The molecule has 1 aliphatic heterocycles. The maximum atomic E-state index is 12.9. The van der Waals surface area contributed by atoms with Crippen LogP contribution in [0.1, 0.15) is 18.5 Å². The normalized spacial score (nSPS) is 19.2. The highest BCUT2D eigenvalue weighted by molar-refractivity contribution is 14.1. The Morgan fingerprint density at radius 1 is 1.39 bits per heavy atom. The average Bonchev–Trinajstić information content (AvgIpc) is 3.07. The number of carbonyl (C=O) groups excluding carboxylic acids is 1. The van der Waals surface area contributed by atoms with Crippen molar-refractivity contribution >= 4 is 40.1 Å². The zero-order valence-electron chi connectivity index (χ0n) is 16.2. The number of hydrogen-bond donors (Lipinski definition) is 0. The molecule has 15 heteroatoms. The fourth-order valence-corrected chi connectivity index (χ4v) is 4.27. The Bertz CT molecular complexity index is 1000. The molecule has 0 radical (unpaired) electrons. The van der Waals surface area contributed by atoms with Crippen LogP contribution >= 0.6 is 22.6 Å². The second-order valence-electron chi connectivity index (χ2n) is 6.57. The molecule has 1 aliphatic rings. The van der Waals surface area contributed by atoms with E-state index in [-0.39, 0.29) is 34.2 Å². The van der Waals surface area contributed by atoms with E-state index in [4.69, 9.17) is 9.47 Å². The molecule has 0 bridgehead atoms. The van der Waals surface area contributed by atoms with Crippen LogP contribution in [0.4, 0.5) is 24.7 Å². The number of nitrogens with zero attached hydrogens (tertiary/aromatic N) is 6. The first-order chi connectivity index (χ1) is 14.5. The quantitative estimate of drug-likeness (QED) is 0.136. The molecule has 1 saturated heterocycles. The third kappa shape index (κ3) is 4.80. The van der Waals surface area contributed by atoms with Crippen molar-refractivity contribution < 1.29 is 32.4 Å². The first-order valence-corrected chi connectivity index (χ1v) is 10.0. The molecular weight excluding hydrogens is 540 g/mol. The van der Waals surface area contributed by atoms with E-state index in [1.54, 1.807) is 4.90 Å². The van der Waals surface area contributed by atoms with Gasteiger partial charge in [-0.25, -0.2) is 9.67 Å². The van der Waals surface area contributed by atoms with Gasteiger partial charge in [0.1, 0.15) is 6.33 Å². The number of carbonyl (C=O) groups is 1. The van der Waals surface area contributed by atoms with E-state index < -0.39 is 28.4 Å². The first kappa shape index (κ1) is 23.0. The summed E-state index contributed by atoms with van der Waals surface area (Å²) in [6, 6.07) is 0.620. The van der Waals surface area contributed by atoms with Gasteiger partial charge in [0, 0.05) is 19.7 Å². The summed E-state index contributed by atoms with van der Waals surface area (Å²) in [5, 5.41) is 15.1. The lowest BCUT2D eigenvalue weighted by Crippen LogP contribution is -2.42. The molecule has 0 aromatic carbocycles. The van der Waals surface area contributed by atoms with E-state index in [0.717, 1.165) is 11.0 Å². The Morgan fingerprint density at radius 2 is 2.10 bits per heavy atom. The van der Waals surface area contributed by atoms with E-state index in [1.165, 1.54) is 14.2 Å². The van der Waals surface area contributed by atoms with Gasteiger partial charge < -0.3 is 14.4 Å². The Labute approximate surface area is 186 Å². The largest absolute Gasteiger partial charge is 0.469 e. The third-order valence-electron chi connectivity index (χ3n) is 4.62. The maximum absolute atomic E-state index is 12.9. The van der Waals surface area contributed by atoms with Gasteiger partial charge in [-0.3, -0.25) is 14.9 Å². The van der Waals surface area contributed by atoms with Crippen molar-refractivity contribution in [2.45, 2.75) is 23.1 Å². The second kappa shape index (κ2) is 8.80. The fraction of sp³-hybridized carbons (Fsp3) is 0.500. The van der Waals surface area contributed by atoms with Crippen LogP contribution in [0.2, 0.25) is 0 Å². The molecule has 168 valence electrons. The van der Waals surface area contributed by atoms with E-state index in [1.807, 2.05) is 22.6 Å². The van der Waals surface area contributed by atoms with Gasteiger partial charge in [-0.15, -0.1) is 0 Å². The lowest BCUT2D eigenvalue weighted by Gasteiger charge is -2.35. The van der Waals surface area contributed by atoms with Crippen molar-refractivity contribution in [1.82, 2.24) is 19.7 Å². The second-order valence-corrected chi connectivity index (χ2v) is 8.01. The van der Waals surface area contributed by atoms with Gasteiger partial charge in [0.25, 0.3) is 0 Å². The van der Waals surface area contributed by atoms with Crippen LogP contribution in [0, 0.1) is 16.0 Å². The minimum absolute atomic E-state index is 0.0593. The predicted octanol–water partition coefficient (Wildman–Crippen LogP) is 3.08. The SMILES string of the molecule is COC(=O)C1CCN(c2ncnc(Oc3cc(C(F)(F)F)nn3C)c2[N+](=O)[O-])C(I)C1. The van der Waals surface area contributed by atoms with Crippen LogP contribution in [0.3, 0.4) is 0 Å². The summed E-state index contributed by atoms with van der Waals surface area (Å²) >= 11 is 2.04. The summed E-state index contributed by atoms with van der Waals surface area (Å²) in [7, 11) is 2.50. The van der Waals surface area contributed by atoms with Crippen LogP contribution in [0.15, 0.2) is 12.4 Å². The lowest BCUT2D eigenvalue weighted by molar-refractivity contribution is -0.385. The third-order valence-corrected chi connectivity index (χ3v) is 5.80. The number of piperidine rings is 1. The van der Waals surface area contributed by atoms with Crippen molar-refractivity contribution in [3.63, 3.8) is 0 Å². The summed E-state index contributed by atoms with van der Waals surface area (Å²) < 4.78 is 49.2. The number of aromatic nitrogens is 4. The molecule has 0 aliphatic carbocycles. The molecule has 3 heterocycles. The van der Waals surface area contributed by atoms with Gasteiger partial charge in [0.15, 0.2) is 5.69 Å². The number of aryl methyl sites for hydroxylation is 1. The van der Waals surface area contributed by atoms with Crippen molar-refractivity contribution in [2.75, 3.05) is 18.6 Å². The highest BCUT2D eigenvalue weighted by atomic mass is 127. The van der Waals surface area contributed by atoms with Crippen molar-refractivity contribution in [1.29, 1.82) is 0 Å². The summed E-state index contributed by atoms with van der Waals surface area (Å²) in [4.78, 5) is 32.2. The minimum atomic E-state index is -4.71. The summed E-state index contributed by atoms with van der Waals surface area (Å²) in [6.07, 6.45) is -2.92. The molecule has 0 amide bonds. The van der Waals surface area contributed by atoms with Crippen LogP contribution in [0.5, 0.6) is 11.8 Å². The molecule has 0 saturated carbocycles. The number of methoxy groups -OCH3 is 1. The summed E-state index contributed by atoms with van der Waals surface area (Å²) in [5.41, 5.74) is -1.81. The summed E-state index contributed by atoms with van der Waals surface area (Å²) in [6.45, 7) is 0.272. The first-order valence-electron chi connectivity index (χ1n) is 8.80. The van der Waals surface area contributed by atoms with E-state index in [0.29, 0.717) is 18.9 Å². The van der Waals surface area contributed by atoms with Crippen LogP contribution in [-0.2, 0) is 22.8 Å². The van der Waals surface area contributed by atoms with Gasteiger partial charge in [-0.1, -0.05) is 22.6 Å². The number of nitro groups is 1. The van der Waals surface area contributed by atoms with E-state index >= 15 is 0 Å². The monoisotopic (exact) mass is 556 g/mol. The maximum Gasteiger partial charge on any atom is 0.435 e. The van der Waals surface area contributed by atoms with Gasteiger partial charge in [-0.2, -0.15) is 23.3 Å². The zero-order valence-corrected chi connectivity index (χ0v) is 18.3. The van der Waals surface area contributed by atoms with Crippen molar-refractivity contribution in [3.8, 4) is 11.8 Å². The number of ether oxygens (including phenoxy) is 2. The molecule has 1 fully saturated rings. The Hall–Kier alpha value is -2.72. The molecule has 2 aromatic heterocycles. The minimum Gasteiger partial charge on any atom is -0.469 e. The zero-order chi connectivity index (χ0) is 22.9. The van der Waals surface area contributed by atoms with Crippen molar-refractivity contribution in [2.24, 2.45) is 13.0 Å². The number of esters is 1. The molecule has 2 atom stereocenters. The topological polar surface area (TPSA) is 126 Å². The lowest BCUT2D eigenvalue weighted by atomic mass is 9.97. The molecular formula is C16H16F3IN6O5. The van der Waals surface area contributed by atoms with Crippen LogP contribution in [0.25, 0.3) is 0 Å². The van der Waals surface area contributed by atoms with Gasteiger partial charge in [0.05, 0.1) is 22.0 Å². The number of halogens is 4. The molecule has 2 aromatic rings. The molecule has 11 nitrogen and oxygen atoms in total. The summed E-state index contributed by atoms with van der Waals surface area (Å²) in [5.74, 6) is -1.67. The molecule has 2 unspecified atom stereocenters. The highest BCUT2D eigenvalue weighted by Crippen LogP contribution is 2.41. The number of alkyl halides is 4.